The van der Waals surface area contributed by atoms with Crippen LogP contribution < -0.4 is 10.2 Å². The monoisotopic (exact) mass is 308 g/mol. The smallest absolute Gasteiger partial charge is 0.152 e. The summed E-state index contributed by atoms with van der Waals surface area (Å²) in [6, 6.07) is 19.9. The summed E-state index contributed by atoms with van der Waals surface area (Å²) < 4.78 is 5.90. The largest absolute Gasteiger partial charge is 0.454 e. The van der Waals surface area contributed by atoms with Crippen LogP contribution in [0.3, 0.4) is 0 Å². The Morgan fingerprint density at radius 2 is 1.82 bits per heavy atom. The lowest BCUT2D eigenvalue weighted by atomic mass is 10.2. The molecule has 0 aliphatic carbocycles. The summed E-state index contributed by atoms with van der Waals surface area (Å²) in [5, 5.41) is 4.25. The first kappa shape index (κ1) is 14.4. The van der Waals surface area contributed by atoms with Gasteiger partial charge in [0.25, 0.3) is 0 Å². The van der Waals surface area contributed by atoms with Crippen LogP contribution >= 0.6 is 12.2 Å². The fraction of sp³-hybridized carbons (Fsp3) is 0.0556. The average molecular weight is 308 g/mol. The molecule has 3 rings (SSSR count). The molecule has 22 heavy (non-hydrogen) atoms. The van der Waals surface area contributed by atoms with Crippen LogP contribution in [0.2, 0.25) is 0 Å². The number of furan rings is 1. The van der Waals surface area contributed by atoms with Crippen LogP contribution in [-0.4, -0.2) is 12.5 Å². The van der Waals surface area contributed by atoms with Gasteiger partial charge in [0.2, 0.25) is 0 Å². The summed E-state index contributed by atoms with van der Waals surface area (Å²) in [5.41, 5.74) is 4.34. The predicted octanol–water partition coefficient (Wildman–Crippen LogP) is 4.41. The Morgan fingerprint density at radius 3 is 2.50 bits per heavy atom. The zero-order valence-corrected chi connectivity index (χ0v) is 13.0. The van der Waals surface area contributed by atoms with E-state index in [4.69, 9.17) is 16.6 Å². The van der Waals surface area contributed by atoms with Crippen LogP contribution in [0, 0.1) is 0 Å². The van der Waals surface area contributed by atoms with Crippen molar-refractivity contribution in [2.45, 2.75) is 0 Å². The Bertz CT molecular complexity index is 775. The number of rotatable bonds is 5. The highest BCUT2D eigenvalue weighted by Gasteiger charge is 2.09. The van der Waals surface area contributed by atoms with Gasteiger partial charge >= 0.3 is 0 Å². The number of hydrogen-bond donors (Lipinski definition) is 1. The number of hydrogen-bond acceptors (Lipinski definition) is 3. The maximum Gasteiger partial charge on any atom is 0.152 e. The molecule has 0 bridgehead atoms. The molecule has 0 saturated heterocycles. The minimum Gasteiger partial charge on any atom is -0.454 e. The van der Waals surface area contributed by atoms with Gasteiger partial charge in [-0.1, -0.05) is 48.6 Å². The van der Waals surface area contributed by atoms with Gasteiger partial charge in [-0.05, 0) is 24.3 Å². The lowest BCUT2D eigenvalue weighted by Gasteiger charge is -2.16. The van der Waals surface area contributed by atoms with Crippen molar-refractivity contribution in [1.82, 2.24) is 5.32 Å². The van der Waals surface area contributed by atoms with E-state index < -0.39 is 0 Å². The molecular formula is C18H16N2OS. The summed E-state index contributed by atoms with van der Waals surface area (Å²) >= 11 is 5.13. The Labute approximate surface area is 134 Å². The van der Waals surface area contributed by atoms with Crippen LogP contribution in [-0.2, 0) is 0 Å². The fourth-order valence-corrected chi connectivity index (χ4v) is 2.45. The molecule has 0 fully saturated rings. The van der Waals surface area contributed by atoms with Gasteiger partial charge in [-0.2, -0.15) is 0 Å². The third kappa shape index (κ3) is 2.87. The second-order valence-electron chi connectivity index (χ2n) is 4.79. The fourth-order valence-electron chi connectivity index (χ4n) is 2.27. The van der Waals surface area contributed by atoms with Crippen molar-refractivity contribution in [3.05, 3.63) is 72.6 Å². The van der Waals surface area contributed by atoms with Gasteiger partial charge in [-0.3, -0.25) is 0 Å². The van der Waals surface area contributed by atoms with Crippen LogP contribution in [0.1, 0.15) is 5.76 Å². The molecule has 110 valence electrons. The molecule has 1 aromatic heterocycles. The molecule has 1 N–H and O–H groups in total. The maximum atomic E-state index is 5.90. The lowest BCUT2D eigenvalue weighted by Crippen LogP contribution is -2.16. The molecule has 0 unspecified atom stereocenters. The van der Waals surface area contributed by atoms with Gasteiger partial charge in [-0.25, -0.2) is 0 Å². The molecule has 4 heteroatoms. The molecule has 3 nitrogen and oxygen atoms in total. The topological polar surface area (TPSA) is 28.4 Å². The summed E-state index contributed by atoms with van der Waals surface area (Å²) in [7, 11) is 1.87. The Kier molecular flexibility index (Phi) is 4.21. The summed E-state index contributed by atoms with van der Waals surface area (Å²) in [6.07, 6.45) is 1.93. The number of benzene rings is 2. The lowest BCUT2D eigenvalue weighted by molar-refractivity contribution is 0.594. The van der Waals surface area contributed by atoms with Crippen molar-refractivity contribution in [3.8, 4) is 0 Å². The summed E-state index contributed by atoms with van der Waals surface area (Å²) in [6.45, 7) is 0. The van der Waals surface area contributed by atoms with Crippen LogP contribution in [0.15, 0.2) is 71.3 Å². The van der Waals surface area contributed by atoms with Gasteiger partial charge < -0.3 is 14.6 Å². The van der Waals surface area contributed by atoms with E-state index in [1.165, 1.54) is 0 Å². The Hall–Kier alpha value is -2.59. The highest BCUT2D eigenvalue weighted by atomic mass is 32.1. The van der Waals surface area contributed by atoms with Crippen molar-refractivity contribution >= 4 is 40.1 Å². The zero-order chi connectivity index (χ0) is 15.4. The van der Waals surface area contributed by atoms with E-state index in [2.05, 4.69) is 5.32 Å². The zero-order valence-electron chi connectivity index (χ0n) is 12.2. The van der Waals surface area contributed by atoms with E-state index in [9.17, 15) is 0 Å². The minimum atomic E-state index is 0.779. The second-order valence-corrected chi connectivity index (χ2v) is 5.00. The summed E-state index contributed by atoms with van der Waals surface area (Å²) in [5.74, 6) is 0.779. The van der Waals surface area contributed by atoms with E-state index in [-0.39, 0.29) is 0 Å². The van der Waals surface area contributed by atoms with Crippen molar-refractivity contribution < 1.29 is 4.42 Å². The first-order valence-corrected chi connectivity index (χ1v) is 7.46. The molecule has 0 saturated carbocycles. The van der Waals surface area contributed by atoms with Crippen LogP contribution in [0.25, 0.3) is 16.7 Å². The van der Waals surface area contributed by atoms with Crippen molar-refractivity contribution in [2.24, 2.45) is 0 Å². The third-order valence-electron chi connectivity index (χ3n) is 3.40. The molecule has 2 aromatic carbocycles. The SMILES string of the molecule is CN/C(=C\N(C=S)c1ccccc1)c1cc2ccccc2o1. The van der Waals surface area contributed by atoms with Gasteiger partial charge in [-0.15, -0.1) is 0 Å². The van der Waals surface area contributed by atoms with Crippen LogP contribution in [0.5, 0.6) is 0 Å². The molecular weight excluding hydrogens is 292 g/mol. The summed E-state index contributed by atoms with van der Waals surface area (Å²) in [4.78, 5) is 1.88. The molecule has 0 spiro atoms. The normalized spacial score (nSPS) is 11.4. The Morgan fingerprint density at radius 1 is 1.09 bits per heavy atom. The molecule has 0 radical (unpaired) electrons. The molecule has 0 amide bonds. The Balaban J connectivity index is 2.00. The quantitative estimate of drug-likeness (QED) is 0.707. The third-order valence-corrected chi connectivity index (χ3v) is 3.62. The van der Waals surface area contributed by atoms with Gasteiger partial charge in [0.15, 0.2) is 5.76 Å². The van der Waals surface area contributed by atoms with E-state index >= 15 is 0 Å². The number of nitrogens with zero attached hydrogens (tertiary/aromatic N) is 1. The van der Waals surface area contributed by atoms with Crippen molar-refractivity contribution in [3.63, 3.8) is 0 Å². The average Bonchev–Trinajstić information content (AvgIpc) is 3.00. The number of nitrogens with one attached hydrogen (secondary N) is 1. The molecule has 0 atom stereocenters. The maximum absolute atomic E-state index is 5.90. The highest BCUT2D eigenvalue weighted by molar-refractivity contribution is 7.79. The second kappa shape index (κ2) is 6.45. The molecule has 0 aliphatic rings. The van der Waals surface area contributed by atoms with Gasteiger partial charge in [0.05, 0.1) is 11.2 Å². The first-order chi connectivity index (χ1) is 10.8. The highest BCUT2D eigenvalue weighted by Crippen LogP contribution is 2.24. The molecule has 0 aliphatic heterocycles. The van der Waals surface area contributed by atoms with Gasteiger partial charge in [0.1, 0.15) is 5.58 Å². The van der Waals surface area contributed by atoms with Crippen LogP contribution in [0.4, 0.5) is 5.69 Å². The number of para-hydroxylation sites is 2. The number of thiocarbonyl (C=S) groups is 1. The standard InChI is InChI=1S/C18H16N2OS/c1-19-16(12-20(13-22)15-8-3-2-4-9-15)18-11-14-7-5-6-10-17(14)21-18/h2-13,19H,1H3/b16-12-. The predicted molar refractivity (Wildman–Crippen MR) is 95.8 cm³/mol. The van der Waals surface area contributed by atoms with Crippen molar-refractivity contribution in [2.75, 3.05) is 11.9 Å². The minimum absolute atomic E-state index is 0.779. The van der Waals surface area contributed by atoms with Crippen molar-refractivity contribution in [1.29, 1.82) is 0 Å². The molecule has 1 heterocycles. The number of fused-ring (bicyclic) bond motifs is 1. The van der Waals surface area contributed by atoms with E-state index in [1.807, 2.05) is 78.8 Å². The van der Waals surface area contributed by atoms with E-state index in [0.717, 1.165) is 28.1 Å². The van der Waals surface area contributed by atoms with E-state index in [0.29, 0.717) is 0 Å². The molecule has 3 aromatic rings. The number of anilines is 1. The van der Waals surface area contributed by atoms with E-state index in [1.54, 1.807) is 5.49 Å². The van der Waals surface area contributed by atoms with Gasteiger partial charge in [0, 0.05) is 24.3 Å². The first-order valence-electron chi connectivity index (χ1n) is 6.99.